The van der Waals surface area contributed by atoms with Crippen LogP contribution >= 0.6 is 0 Å². The van der Waals surface area contributed by atoms with E-state index in [4.69, 9.17) is 18.9 Å². The zero-order chi connectivity index (χ0) is 19.9. The molecule has 6 nitrogen and oxygen atoms in total. The average molecular weight is 386 g/mol. The molecule has 1 aliphatic heterocycles. The molecule has 3 rings (SSSR count). The molecule has 0 unspecified atom stereocenters. The Morgan fingerprint density at radius 2 is 1.46 bits per heavy atom. The van der Waals surface area contributed by atoms with Gasteiger partial charge in [0.05, 0.1) is 28.4 Å². The number of benzene rings is 2. The van der Waals surface area contributed by atoms with Crippen molar-refractivity contribution in [2.75, 3.05) is 61.2 Å². The number of rotatable bonds is 8. The molecular weight excluding hydrogens is 356 g/mol. The minimum atomic E-state index is 0.526. The highest BCUT2D eigenvalue weighted by Gasteiger charge is 2.22. The van der Waals surface area contributed by atoms with Crippen molar-refractivity contribution in [1.29, 1.82) is 0 Å². The Morgan fingerprint density at radius 1 is 0.821 bits per heavy atom. The largest absolute Gasteiger partial charge is 0.493 e. The van der Waals surface area contributed by atoms with Crippen LogP contribution in [0.25, 0.3) is 11.1 Å². The maximum Gasteiger partial charge on any atom is 0.207 e. The Hall–Kier alpha value is -2.44. The Kier molecular flexibility index (Phi) is 7.01. The van der Waals surface area contributed by atoms with Crippen LogP contribution in [-0.2, 0) is 6.42 Å². The molecule has 1 aliphatic rings. The molecule has 6 heteroatoms. The second-order valence-electron chi connectivity index (χ2n) is 6.76. The van der Waals surface area contributed by atoms with E-state index in [0.29, 0.717) is 23.0 Å². The van der Waals surface area contributed by atoms with Gasteiger partial charge in [0.2, 0.25) is 11.5 Å². The molecule has 1 saturated heterocycles. The number of hydrogen-bond acceptors (Lipinski definition) is 6. The molecule has 28 heavy (non-hydrogen) atoms. The van der Waals surface area contributed by atoms with E-state index in [1.165, 1.54) is 5.56 Å². The molecule has 0 amide bonds. The SMILES string of the molecule is COc1cc(-c2ccc(CCN3CCNCC3)cc2)c(OC)c(OC)c1OC. The van der Waals surface area contributed by atoms with E-state index >= 15 is 0 Å². The predicted molar refractivity (Wildman–Crippen MR) is 111 cm³/mol. The van der Waals surface area contributed by atoms with Gasteiger partial charge >= 0.3 is 0 Å². The third kappa shape index (κ3) is 4.34. The molecule has 0 radical (unpaired) electrons. The highest BCUT2D eigenvalue weighted by molar-refractivity contribution is 5.79. The summed E-state index contributed by atoms with van der Waals surface area (Å²) in [4.78, 5) is 2.51. The number of ether oxygens (including phenoxy) is 4. The second kappa shape index (κ2) is 9.66. The zero-order valence-corrected chi connectivity index (χ0v) is 17.2. The summed E-state index contributed by atoms with van der Waals surface area (Å²) in [5, 5.41) is 3.39. The molecule has 1 N–H and O–H groups in total. The van der Waals surface area contributed by atoms with Gasteiger partial charge < -0.3 is 29.2 Å². The first-order chi connectivity index (χ1) is 13.7. The van der Waals surface area contributed by atoms with Crippen molar-refractivity contribution in [3.05, 3.63) is 35.9 Å². The van der Waals surface area contributed by atoms with Gasteiger partial charge in [-0.05, 0) is 23.6 Å². The highest BCUT2D eigenvalue weighted by Crippen LogP contribution is 2.49. The lowest BCUT2D eigenvalue weighted by molar-refractivity contribution is 0.244. The van der Waals surface area contributed by atoms with Crippen molar-refractivity contribution in [2.24, 2.45) is 0 Å². The van der Waals surface area contributed by atoms with Gasteiger partial charge in [0.25, 0.3) is 0 Å². The predicted octanol–water partition coefficient (Wildman–Crippen LogP) is 2.84. The van der Waals surface area contributed by atoms with Gasteiger partial charge in [-0.25, -0.2) is 0 Å². The topological polar surface area (TPSA) is 52.2 Å². The number of nitrogens with one attached hydrogen (secondary N) is 1. The lowest BCUT2D eigenvalue weighted by Gasteiger charge is -2.27. The number of piperazine rings is 1. The molecule has 0 atom stereocenters. The molecule has 0 spiro atoms. The van der Waals surface area contributed by atoms with Crippen molar-refractivity contribution < 1.29 is 18.9 Å². The number of nitrogens with zero attached hydrogens (tertiary/aromatic N) is 1. The summed E-state index contributed by atoms with van der Waals surface area (Å²) in [7, 11) is 6.44. The standard InChI is InChI=1S/C22H30N2O4/c1-25-19-15-18(20(26-2)22(28-4)21(19)27-3)17-7-5-16(6-8-17)9-12-24-13-10-23-11-14-24/h5-8,15,23H,9-14H2,1-4H3. The fourth-order valence-electron chi connectivity index (χ4n) is 3.62. The Morgan fingerprint density at radius 3 is 2.04 bits per heavy atom. The molecule has 1 heterocycles. The monoisotopic (exact) mass is 386 g/mol. The van der Waals surface area contributed by atoms with E-state index in [0.717, 1.165) is 50.3 Å². The first-order valence-electron chi connectivity index (χ1n) is 9.61. The van der Waals surface area contributed by atoms with Gasteiger partial charge in [0.15, 0.2) is 11.5 Å². The molecule has 0 saturated carbocycles. The van der Waals surface area contributed by atoms with Crippen molar-refractivity contribution in [3.8, 4) is 34.1 Å². The van der Waals surface area contributed by atoms with E-state index in [1.807, 2.05) is 6.07 Å². The molecule has 0 aliphatic carbocycles. The van der Waals surface area contributed by atoms with Crippen LogP contribution in [-0.4, -0.2) is 66.1 Å². The summed E-state index contributed by atoms with van der Waals surface area (Å²) >= 11 is 0. The van der Waals surface area contributed by atoms with Crippen molar-refractivity contribution in [2.45, 2.75) is 6.42 Å². The van der Waals surface area contributed by atoms with Crippen LogP contribution in [0.2, 0.25) is 0 Å². The molecule has 2 aromatic carbocycles. The quantitative estimate of drug-likeness (QED) is 0.753. The van der Waals surface area contributed by atoms with Crippen LogP contribution < -0.4 is 24.3 Å². The Bertz CT molecular complexity index is 771. The van der Waals surface area contributed by atoms with Crippen LogP contribution in [0, 0.1) is 0 Å². The highest BCUT2D eigenvalue weighted by atomic mass is 16.5. The van der Waals surface area contributed by atoms with Gasteiger partial charge in [-0.2, -0.15) is 0 Å². The van der Waals surface area contributed by atoms with E-state index < -0.39 is 0 Å². The van der Waals surface area contributed by atoms with Gasteiger partial charge in [-0.1, -0.05) is 24.3 Å². The molecule has 0 aromatic heterocycles. The maximum absolute atomic E-state index is 5.65. The lowest BCUT2D eigenvalue weighted by atomic mass is 10.0. The third-order valence-electron chi connectivity index (χ3n) is 5.18. The van der Waals surface area contributed by atoms with Gasteiger partial charge in [-0.3, -0.25) is 0 Å². The molecule has 1 fully saturated rings. The zero-order valence-electron chi connectivity index (χ0n) is 17.2. The number of methoxy groups -OCH3 is 4. The lowest BCUT2D eigenvalue weighted by Crippen LogP contribution is -2.44. The Balaban J connectivity index is 1.84. The number of hydrogen-bond donors (Lipinski definition) is 1. The van der Waals surface area contributed by atoms with E-state index in [-0.39, 0.29) is 0 Å². The molecular formula is C22H30N2O4. The van der Waals surface area contributed by atoms with Crippen molar-refractivity contribution in [3.63, 3.8) is 0 Å². The average Bonchev–Trinajstić information content (AvgIpc) is 2.77. The van der Waals surface area contributed by atoms with Crippen LogP contribution in [0.5, 0.6) is 23.0 Å². The normalized spacial score (nSPS) is 14.6. The molecule has 0 bridgehead atoms. The fourth-order valence-corrected chi connectivity index (χ4v) is 3.62. The van der Waals surface area contributed by atoms with Gasteiger partial charge in [0, 0.05) is 38.3 Å². The summed E-state index contributed by atoms with van der Waals surface area (Å²) in [5.41, 5.74) is 3.28. The van der Waals surface area contributed by atoms with Gasteiger partial charge in [-0.15, -0.1) is 0 Å². The molecule has 2 aromatic rings. The molecule has 152 valence electrons. The fraction of sp³-hybridized carbons (Fsp3) is 0.455. The second-order valence-corrected chi connectivity index (χ2v) is 6.76. The van der Waals surface area contributed by atoms with E-state index in [1.54, 1.807) is 28.4 Å². The summed E-state index contributed by atoms with van der Waals surface area (Å²) < 4.78 is 22.2. The minimum Gasteiger partial charge on any atom is -0.493 e. The Labute approximate surface area is 167 Å². The first-order valence-corrected chi connectivity index (χ1v) is 9.61. The summed E-state index contributed by atoms with van der Waals surface area (Å²) in [5.74, 6) is 2.30. The first kappa shape index (κ1) is 20.3. The minimum absolute atomic E-state index is 0.526. The smallest absolute Gasteiger partial charge is 0.207 e. The van der Waals surface area contributed by atoms with Gasteiger partial charge in [0.1, 0.15) is 0 Å². The van der Waals surface area contributed by atoms with E-state index in [2.05, 4.69) is 34.5 Å². The maximum atomic E-state index is 5.65. The summed E-state index contributed by atoms with van der Waals surface area (Å²) in [6, 6.07) is 10.5. The van der Waals surface area contributed by atoms with Crippen molar-refractivity contribution in [1.82, 2.24) is 10.2 Å². The van der Waals surface area contributed by atoms with Crippen LogP contribution in [0.15, 0.2) is 30.3 Å². The third-order valence-corrected chi connectivity index (χ3v) is 5.18. The van der Waals surface area contributed by atoms with Crippen LogP contribution in [0.3, 0.4) is 0 Å². The van der Waals surface area contributed by atoms with E-state index in [9.17, 15) is 0 Å². The van der Waals surface area contributed by atoms with Crippen molar-refractivity contribution >= 4 is 0 Å². The summed E-state index contributed by atoms with van der Waals surface area (Å²) in [6.45, 7) is 5.51. The van der Waals surface area contributed by atoms with Crippen LogP contribution in [0.4, 0.5) is 0 Å². The summed E-state index contributed by atoms with van der Waals surface area (Å²) in [6.07, 6.45) is 1.05. The van der Waals surface area contributed by atoms with Crippen LogP contribution in [0.1, 0.15) is 5.56 Å².